The lowest BCUT2D eigenvalue weighted by atomic mass is 10.1. The molecule has 186 valence electrons. The fourth-order valence-electron chi connectivity index (χ4n) is 3.98. The van der Waals surface area contributed by atoms with Gasteiger partial charge in [0, 0.05) is 43.3 Å². The Labute approximate surface area is 211 Å². The van der Waals surface area contributed by atoms with Gasteiger partial charge in [-0.2, -0.15) is 0 Å². The van der Waals surface area contributed by atoms with Gasteiger partial charge >= 0.3 is 0 Å². The zero-order valence-electron chi connectivity index (χ0n) is 20.4. The van der Waals surface area contributed by atoms with Crippen molar-refractivity contribution in [2.45, 2.75) is 39.0 Å². The quantitative estimate of drug-likeness (QED) is 0.424. The summed E-state index contributed by atoms with van der Waals surface area (Å²) in [6.07, 6.45) is 2.15. The zero-order chi connectivity index (χ0) is 24.5. The summed E-state index contributed by atoms with van der Waals surface area (Å²) < 4.78 is 17.2. The van der Waals surface area contributed by atoms with Gasteiger partial charge in [0.15, 0.2) is 0 Å². The van der Waals surface area contributed by atoms with Gasteiger partial charge in [0.2, 0.25) is 0 Å². The summed E-state index contributed by atoms with van der Waals surface area (Å²) in [4.78, 5) is 19.3. The van der Waals surface area contributed by atoms with Gasteiger partial charge in [-0.25, -0.2) is 4.98 Å². The maximum Gasteiger partial charge on any atom is 0.251 e. The first kappa shape index (κ1) is 25.2. The third-order valence-corrected chi connectivity index (χ3v) is 6.87. The highest BCUT2D eigenvalue weighted by Crippen LogP contribution is 2.17. The number of likely N-dealkylation sites (N-methyl/N-ethyl adjacent to an activating group) is 1. The molecule has 8 heteroatoms. The molecule has 2 heterocycles. The molecule has 0 bridgehead atoms. The van der Waals surface area contributed by atoms with Gasteiger partial charge in [-0.15, -0.1) is 11.3 Å². The fourth-order valence-corrected chi connectivity index (χ4v) is 4.58. The van der Waals surface area contributed by atoms with E-state index in [0.29, 0.717) is 37.1 Å². The number of hydrogen-bond acceptors (Lipinski definition) is 7. The van der Waals surface area contributed by atoms with Crippen LogP contribution < -0.4 is 14.8 Å². The summed E-state index contributed by atoms with van der Waals surface area (Å²) in [6.45, 7) is 6.00. The first-order valence-electron chi connectivity index (χ1n) is 12.0. The van der Waals surface area contributed by atoms with Crippen LogP contribution >= 0.6 is 11.3 Å². The summed E-state index contributed by atoms with van der Waals surface area (Å²) in [6, 6.07) is 15.6. The van der Waals surface area contributed by atoms with Crippen LogP contribution in [-0.2, 0) is 17.9 Å². The van der Waals surface area contributed by atoms with E-state index in [2.05, 4.69) is 22.2 Å². The molecule has 1 saturated heterocycles. The topological polar surface area (TPSA) is 72.9 Å². The van der Waals surface area contributed by atoms with Crippen LogP contribution in [0.2, 0.25) is 0 Å². The average molecular weight is 496 g/mol. The lowest BCUT2D eigenvalue weighted by Crippen LogP contribution is -2.38. The Morgan fingerprint density at radius 2 is 1.94 bits per heavy atom. The van der Waals surface area contributed by atoms with Crippen molar-refractivity contribution in [2.24, 2.45) is 0 Å². The van der Waals surface area contributed by atoms with Gasteiger partial charge < -0.3 is 19.5 Å². The molecule has 1 amide bonds. The van der Waals surface area contributed by atoms with Crippen molar-refractivity contribution < 1.29 is 19.0 Å². The molecule has 0 unspecified atom stereocenters. The molecule has 0 atom stereocenters. The van der Waals surface area contributed by atoms with Gasteiger partial charge in [0.05, 0.1) is 10.7 Å². The summed E-state index contributed by atoms with van der Waals surface area (Å²) >= 11 is 1.60. The number of rotatable bonds is 11. The van der Waals surface area contributed by atoms with Crippen LogP contribution in [0.1, 0.15) is 39.5 Å². The Morgan fingerprint density at radius 1 is 1.14 bits per heavy atom. The number of thiazole rings is 1. The fraction of sp³-hybridized carbons (Fsp3) is 0.407. The first-order chi connectivity index (χ1) is 17.1. The minimum absolute atomic E-state index is 0.129. The SMILES string of the molecule is Cc1nc(COc2ccc(C(=O)NCc3cccc(OCCN(C)C4CCOCC4)c3)cc2)cs1. The molecule has 0 aliphatic carbocycles. The van der Waals surface area contributed by atoms with Crippen LogP contribution in [0.5, 0.6) is 11.5 Å². The van der Waals surface area contributed by atoms with Crippen LogP contribution in [0.25, 0.3) is 0 Å². The molecule has 1 aliphatic rings. The van der Waals surface area contributed by atoms with Gasteiger partial charge in [0.25, 0.3) is 5.91 Å². The lowest BCUT2D eigenvalue weighted by molar-refractivity contribution is 0.0392. The number of aryl methyl sites for hydroxylation is 1. The van der Waals surface area contributed by atoms with E-state index in [9.17, 15) is 4.79 Å². The van der Waals surface area contributed by atoms with E-state index in [4.69, 9.17) is 14.2 Å². The lowest BCUT2D eigenvalue weighted by Gasteiger charge is -2.31. The molecule has 1 aliphatic heterocycles. The van der Waals surface area contributed by atoms with Crippen molar-refractivity contribution in [1.29, 1.82) is 0 Å². The van der Waals surface area contributed by atoms with Crippen molar-refractivity contribution in [3.05, 3.63) is 75.7 Å². The van der Waals surface area contributed by atoms with Gasteiger partial charge in [-0.05, 0) is 68.8 Å². The smallest absolute Gasteiger partial charge is 0.251 e. The molecular weight excluding hydrogens is 462 g/mol. The number of amides is 1. The van der Waals surface area contributed by atoms with Gasteiger partial charge in [-0.3, -0.25) is 9.69 Å². The van der Waals surface area contributed by atoms with Crippen molar-refractivity contribution in [3.8, 4) is 11.5 Å². The van der Waals surface area contributed by atoms with Gasteiger partial charge in [0.1, 0.15) is 24.7 Å². The third kappa shape index (κ3) is 7.78. The second-order valence-corrected chi connectivity index (χ2v) is 9.74. The van der Waals surface area contributed by atoms with Crippen molar-refractivity contribution in [3.63, 3.8) is 0 Å². The van der Waals surface area contributed by atoms with E-state index in [1.54, 1.807) is 35.6 Å². The summed E-state index contributed by atoms with van der Waals surface area (Å²) in [5.41, 5.74) is 2.49. The van der Waals surface area contributed by atoms with Crippen molar-refractivity contribution >= 4 is 17.2 Å². The van der Waals surface area contributed by atoms with E-state index in [0.717, 1.165) is 54.6 Å². The summed E-state index contributed by atoms with van der Waals surface area (Å²) in [5.74, 6) is 1.39. The Bertz CT molecular complexity index is 1080. The number of ether oxygens (including phenoxy) is 3. The summed E-state index contributed by atoms with van der Waals surface area (Å²) in [5, 5.41) is 5.98. The van der Waals surface area contributed by atoms with E-state index >= 15 is 0 Å². The Morgan fingerprint density at radius 3 is 2.69 bits per heavy atom. The number of carbonyl (C=O) groups excluding carboxylic acids is 1. The number of aromatic nitrogens is 1. The van der Waals surface area contributed by atoms with Crippen LogP contribution in [0.4, 0.5) is 0 Å². The number of nitrogens with one attached hydrogen (secondary N) is 1. The molecule has 7 nitrogen and oxygen atoms in total. The maximum absolute atomic E-state index is 12.6. The third-order valence-electron chi connectivity index (χ3n) is 6.05. The molecule has 0 radical (unpaired) electrons. The highest BCUT2D eigenvalue weighted by molar-refractivity contribution is 7.09. The molecule has 0 spiro atoms. The van der Waals surface area contributed by atoms with Crippen LogP contribution in [0.3, 0.4) is 0 Å². The van der Waals surface area contributed by atoms with Crippen LogP contribution in [0, 0.1) is 6.92 Å². The molecular formula is C27H33N3O4S. The molecule has 0 saturated carbocycles. The second-order valence-electron chi connectivity index (χ2n) is 8.67. The Balaban J connectivity index is 1.20. The molecule has 1 fully saturated rings. The van der Waals surface area contributed by atoms with Crippen molar-refractivity contribution in [2.75, 3.05) is 33.4 Å². The van der Waals surface area contributed by atoms with Gasteiger partial charge in [-0.1, -0.05) is 12.1 Å². The number of benzene rings is 2. The molecule has 1 aromatic heterocycles. The second kappa shape index (κ2) is 12.7. The minimum atomic E-state index is -0.129. The highest BCUT2D eigenvalue weighted by atomic mass is 32.1. The largest absolute Gasteiger partial charge is 0.492 e. The highest BCUT2D eigenvalue weighted by Gasteiger charge is 2.18. The maximum atomic E-state index is 12.6. The van der Waals surface area contributed by atoms with Crippen LogP contribution in [-0.4, -0.2) is 55.2 Å². The number of nitrogens with zero attached hydrogens (tertiary/aromatic N) is 2. The van der Waals surface area contributed by atoms with E-state index in [1.807, 2.05) is 36.6 Å². The molecule has 35 heavy (non-hydrogen) atoms. The predicted molar refractivity (Wildman–Crippen MR) is 137 cm³/mol. The standard InChI is InChI=1S/C27H33N3O4S/c1-20-29-23(19-35-20)18-34-25-8-6-22(7-9-25)27(31)28-17-21-4-3-5-26(16-21)33-15-12-30(2)24-10-13-32-14-11-24/h3-9,16,19,24H,10-15,17-18H2,1-2H3,(H,28,31). The Kier molecular flexibility index (Phi) is 9.11. The Hall–Kier alpha value is -2.94. The molecule has 4 rings (SSSR count). The van der Waals surface area contributed by atoms with E-state index in [1.165, 1.54) is 0 Å². The minimum Gasteiger partial charge on any atom is -0.492 e. The zero-order valence-corrected chi connectivity index (χ0v) is 21.2. The summed E-state index contributed by atoms with van der Waals surface area (Å²) in [7, 11) is 2.14. The molecule has 3 aromatic rings. The van der Waals surface area contributed by atoms with Crippen LogP contribution in [0.15, 0.2) is 53.9 Å². The predicted octanol–water partition coefficient (Wildman–Crippen LogP) is 4.45. The molecule has 2 aromatic carbocycles. The monoisotopic (exact) mass is 495 g/mol. The number of hydrogen-bond donors (Lipinski definition) is 1. The normalized spacial score (nSPS) is 14.1. The van der Waals surface area contributed by atoms with E-state index < -0.39 is 0 Å². The van der Waals surface area contributed by atoms with E-state index in [-0.39, 0.29) is 5.91 Å². The average Bonchev–Trinajstić information content (AvgIpc) is 3.32. The first-order valence-corrected chi connectivity index (χ1v) is 12.9. The number of carbonyl (C=O) groups is 1. The van der Waals surface area contributed by atoms with Crippen molar-refractivity contribution in [1.82, 2.24) is 15.2 Å². The molecule has 1 N–H and O–H groups in total.